The minimum Gasteiger partial charge on any atom is -0.324 e. The number of rotatable bonds is 4. The summed E-state index contributed by atoms with van der Waals surface area (Å²) in [6.07, 6.45) is 5.01. The Hall–Kier alpha value is -1.38. The van der Waals surface area contributed by atoms with Crippen LogP contribution in [0.1, 0.15) is 0 Å². The summed E-state index contributed by atoms with van der Waals surface area (Å²) in [4.78, 5) is 11.4. The highest BCUT2D eigenvalue weighted by molar-refractivity contribution is 9.10. The first-order chi connectivity index (χ1) is 7.63. The van der Waals surface area contributed by atoms with Gasteiger partial charge >= 0.3 is 0 Å². The predicted octanol–water partition coefficient (Wildman–Crippen LogP) is 1.75. The number of nitrogens with one attached hydrogen (secondary N) is 2. The van der Waals surface area contributed by atoms with Crippen LogP contribution in [0.2, 0.25) is 0 Å². The van der Waals surface area contributed by atoms with Crippen LogP contribution in [-0.2, 0) is 4.79 Å². The normalized spacial score (nSPS) is 9.56. The highest BCUT2D eigenvalue weighted by Crippen LogP contribution is 2.22. The van der Waals surface area contributed by atoms with Crippen LogP contribution in [0, 0.1) is 18.2 Å². The van der Waals surface area contributed by atoms with Gasteiger partial charge in [0.2, 0.25) is 5.91 Å². The number of hydrogen-bond acceptors (Lipinski definition) is 2. The Kier molecular flexibility index (Phi) is 4.96. The number of benzene rings is 1. The predicted molar refractivity (Wildman–Crippen MR) is 64.4 cm³/mol. The fraction of sp³-hybridized carbons (Fsp3) is 0.182. The summed E-state index contributed by atoms with van der Waals surface area (Å²) < 4.78 is 13.3. The van der Waals surface area contributed by atoms with Crippen molar-refractivity contribution in [2.45, 2.75) is 0 Å². The quantitative estimate of drug-likeness (QED) is 0.653. The van der Waals surface area contributed by atoms with Crippen LogP contribution in [0.3, 0.4) is 0 Å². The molecule has 0 bridgehead atoms. The van der Waals surface area contributed by atoms with Gasteiger partial charge in [-0.2, -0.15) is 0 Å². The van der Waals surface area contributed by atoms with Crippen LogP contribution >= 0.6 is 15.9 Å². The molecule has 0 heterocycles. The Labute approximate surface area is 102 Å². The molecule has 0 fully saturated rings. The SMILES string of the molecule is C#CCNCC(=O)Nc1ccc(F)cc1Br. The second-order valence-electron chi connectivity index (χ2n) is 2.98. The molecular weight excluding hydrogens is 275 g/mol. The third-order valence-corrected chi connectivity index (χ3v) is 2.37. The van der Waals surface area contributed by atoms with Crippen molar-refractivity contribution in [2.24, 2.45) is 0 Å². The summed E-state index contributed by atoms with van der Waals surface area (Å²) in [6, 6.07) is 4.04. The number of anilines is 1. The van der Waals surface area contributed by atoms with Gasteiger partial charge in [-0.3, -0.25) is 10.1 Å². The molecule has 1 rings (SSSR count). The zero-order chi connectivity index (χ0) is 12.0. The Morgan fingerprint density at radius 3 is 2.94 bits per heavy atom. The molecular formula is C11H10BrFN2O. The molecule has 0 aliphatic rings. The van der Waals surface area contributed by atoms with E-state index in [-0.39, 0.29) is 18.3 Å². The first kappa shape index (κ1) is 12.7. The molecule has 0 saturated carbocycles. The summed E-state index contributed by atoms with van der Waals surface area (Å²) >= 11 is 3.15. The fourth-order valence-corrected chi connectivity index (χ4v) is 1.48. The first-order valence-electron chi connectivity index (χ1n) is 4.52. The smallest absolute Gasteiger partial charge is 0.238 e. The van der Waals surface area contributed by atoms with Crippen LogP contribution < -0.4 is 10.6 Å². The molecule has 1 aromatic carbocycles. The number of halogens is 2. The van der Waals surface area contributed by atoms with Crippen LogP contribution in [0.25, 0.3) is 0 Å². The second kappa shape index (κ2) is 6.26. The minimum absolute atomic E-state index is 0.119. The summed E-state index contributed by atoms with van der Waals surface area (Å²) in [7, 11) is 0. The Balaban J connectivity index is 2.53. The summed E-state index contributed by atoms with van der Waals surface area (Å²) in [5.41, 5.74) is 0.522. The third kappa shape index (κ3) is 4.01. The Morgan fingerprint density at radius 1 is 1.56 bits per heavy atom. The van der Waals surface area contributed by atoms with Crippen molar-refractivity contribution in [3.05, 3.63) is 28.5 Å². The van der Waals surface area contributed by atoms with Crippen LogP contribution in [-0.4, -0.2) is 19.0 Å². The van der Waals surface area contributed by atoms with Crippen LogP contribution in [0.4, 0.5) is 10.1 Å². The molecule has 0 saturated heterocycles. The molecule has 3 nitrogen and oxygen atoms in total. The van der Waals surface area contributed by atoms with Gasteiger partial charge in [0.15, 0.2) is 0 Å². The van der Waals surface area contributed by atoms with E-state index < -0.39 is 0 Å². The number of hydrogen-bond donors (Lipinski definition) is 2. The topological polar surface area (TPSA) is 41.1 Å². The standard InChI is InChI=1S/C11H10BrFN2O/c1-2-5-14-7-11(16)15-10-4-3-8(13)6-9(10)12/h1,3-4,6,14H,5,7H2,(H,15,16). The maximum atomic E-state index is 12.8. The van der Waals surface area contributed by atoms with Gasteiger partial charge in [-0.05, 0) is 34.1 Å². The van der Waals surface area contributed by atoms with Crippen molar-refractivity contribution in [3.8, 4) is 12.3 Å². The number of carbonyl (C=O) groups is 1. The molecule has 5 heteroatoms. The lowest BCUT2D eigenvalue weighted by molar-refractivity contribution is -0.115. The lowest BCUT2D eigenvalue weighted by Gasteiger charge is -2.07. The van der Waals surface area contributed by atoms with E-state index in [0.717, 1.165) is 0 Å². The second-order valence-corrected chi connectivity index (χ2v) is 3.83. The highest BCUT2D eigenvalue weighted by Gasteiger charge is 2.05. The average Bonchev–Trinajstić information content (AvgIpc) is 2.23. The Morgan fingerprint density at radius 2 is 2.31 bits per heavy atom. The van der Waals surface area contributed by atoms with Gasteiger partial charge in [-0.15, -0.1) is 6.42 Å². The maximum absolute atomic E-state index is 12.8. The lowest BCUT2D eigenvalue weighted by Crippen LogP contribution is -2.28. The first-order valence-corrected chi connectivity index (χ1v) is 5.32. The van der Waals surface area contributed by atoms with Crippen molar-refractivity contribution < 1.29 is 9.18 Å². The van der Waals surface area contributed by atoms with Gasteiger partial charge in [0, 0.05) is 4.47 Å². The third-order valence-electron chi connectivity index (χ3n) is 1.72. The summed E-state index contributed by atoms with van der Waals surface area (Å²) in [5.74, 6) is 1.76. The van der Waals surface area contributed by atoms with E-state index in [0.29, 0.717) is 16.7 Å². The van der Waals surface area contributed by atoms with Crippen molar-refractivity contribution in [2.75, 3.05) is 18.4 Å². The molecule has 1 aromatic rings. The number of amides is 1. The van der Waals surface area contributed by atoms with E-state index in [1.54, 1.807) is 0 Å². The van der Waals surface area contributed by atoms with Crippen LogP contribution in [0.5, 0.6) is 0 Å². The zero-order valence-corrected chi connectivity index (χ0v) is 9.97. The molecule has 0 aliphatic carbocycles. The molecule has 16 heavy (non-hydrogen) atoms. The van der Waals surface area contributed by atoms with Gasteiger partial charge < -0.3 is 5.32 Å². The van der Waals surface area contributed by atoms with Gasteiger partial charge in [-0.25, -0.2) is 4.39 Å². The van der Waals surface area contributed by atoms with Crippen molar-refractivity contribution >= 4 is 27.5 Å². The minimum atomic E-state index is -0.365. The van der Waals surface area contributed by atoms with Crippen molar-refractivity contribution in [3.63, 3.8) is 0 Å². The van der Waals surface area contributed by atoms with Gasteiger partial charge in [0.1, 0.15) is 5.82 Å². The highest BCUT2D eigenvalue weighted by atomic mass is 79.9. The van der Waals surface area contributed by atoms with E-state index in [1.807, 2.05) is 0 Å². The molecule has 84 valence electrons. The molecule has 0 unspecified atom stereocenters. The van der Waals surface area contributed by atoms with Gasteiger partial charge in [0.25, 0.3) is 0 Å². The molecule has 2 N–H and O–H groups in total. The number of terminal acetylenes is 1. The molecule has 0 aromatic heterocycles. The molecule has 0 atom stereocenters. The van der Waals surface area contributed by atoms with Crippen LogP contribution in [0.15, 0.2) is 22.7 Å². The van der Waals surface area contributed by atoms with E-state index in [4.69, 9.17) is 6.42 Å². The van der Waals surface area contributed by atoms with E-state index in [2.05, 4.69) is 32.5 Å². The molecule has 0 aliphatic heterocycles. The summed E-state index contributed by atoms with van der Waals surface area (Å²) in [5, 5.41) is 5.36. The Bertz CT molecular complexity index is 428. The number of carbonyl (C=O) groups excluding carboxylic acids is 1. The van der Waals surface area contributed by atoms with Gasteiger partial charge in [0.05, 0.1) is 18.8 Å². The van der Waals surface area contributed by atoms with Gasteiger partial charge in [-0.1, -0.05) is 5.92 Å². The average molecular weight is 285 g/mol. The maximum Gasteiger partial charge on any atom is 0.238 e. The summed E-state index contributed by atoms with van der Waals surface area (Å²) in [6.45, 7) is 0.450. The largest absolute Gasteiger partial charge is 0.324 e. The van der Waals surface area contributed by atoms with E-state index >= 15 is 0 Å². The zero-order valence-electron chi connectivity index (χ0n) is 8.39. The van der Waals surface area contributed by atoms with E-state index in [1.165, 1.54) is 18.2 Å². The molecule has 0 radical (unpaired) electrons. The van der Waals surface area contributed by atoms with Crippen molar-refractivity contribution in [1.29, 1.82) is 0 Å². The fourth-order valence-electron chi connectivity index (χ4n) is 1.03. The lowest BCUT2D eigenvalue weighted by atomic mass is 10.3. The molecule has 1 amide bonds. The van der Waals surface area contributed by atoms with E-state index in [9.17, 15) is 9.18 Å². The monoisotopic (exact) mass is 284 g/mol. The van der Waals surface area contributed by atoms with Crippen molar-refractivity contribution in [1.82, 2.24) is 5.32 Å². The molecule has 0 spiro atoms.